The zero-order chi connectivity index (χ0) is 44.9. The Hall–Kier alpha value is -3.19. The molecule has 0 amide bonds. The first kappa shape index (κ1) is 51.2. The van der Waals surface area contributed by atoms with Crippen molar-refractivity contribution in [2.45, 2.75) is 0 Å². The van der Waals surface area contributed by atoms with Gasteiger partial charge >= 0.3 is 0 Å². The molecule has 0 unspecified atom stereocenters. The highest BCUT2D eigenvalue weighted by Crippen LogP contribution is 2.43. The molecule has 0 saturated carbocycles. The van der Waals surface area contributed by atoms with E-state index in [0.29, 0.717) is 198 Å². The van der Waals surface area contributed by atoms with Gasteiger partial charge in [0.1, 0.15) is 0 Å². The molecule has 0 spiro atoms. The first-order valence-corrected chi connectivity index (χ1v) is 25.0. The van der Waals surface area contributed by atoms with Gasteiger partial charge in [-0.1, -0.05) is 0 Å². The van der Waals surface area contributed by atoms with Gasteiger partial charge in [-0.05, 0) is 72.8 Å². The third kappa shape index (κ3) is 18.1. The summed E-state index contributed by atoms with van der Waals surface area (Å²) in [4.78, 5) is 6.72. The van der Waals surface area contributed by atoms with Crippen molar-refractivity contribution in [3.8, 4) is 0 Å². The highest BCUT2D eigenvalue weighted by molar-refractivity contribution is 7.85. The summed E-state index contributed by atoms with van der Waals surface area (Å²) in [6, 6.07) is 24.4. The number of benzene rings is 3. The highest BCUT2D eigenvalue weighted by atomic mass is 31.2. The van der Waals surface area contributed by atoms with Crippen molar-refractivity contribution in [2.75, 3.05) is 213 Å². The minimum absolute atomic E-state index is 0.512. The second-order valence-corrected chi connectivity index (χ2v) is 18.2. The van der Waals surface area contributed by atoms with E-state index in [1.54, 1.807) is 0 Å². The Labute approximate surface area is 385 Å². The van der Waals surface area contributed by atoms with Crippen molar-refractivity contribution < 1.29 is 61.4 Å². The van der Waals surface area contributed by atoms with E-state index in [1.807, 2.05) is 36.4 Å². The van der Waals surface area contributed by atoms with Crippen molar-refractivity contribution in [3.05, 3.63) is 72.8 Å². The van der Waals surface area contributed by atoms with Gasteiger partial charge in [-0.3, -0.25) is 0 Å². The van der Waals surface area contributed by atoms with Crippen molar-refractivity contribution in [2.24, 2.45) is 0 Å². The quantitative estimate of drug-likeness (QED) is 0.335. The molecule has 0 radical (unpaired) electrons. The van der Waals surface area contributed by atoms with E-state index in [2.05, 4.69) is 51.1 Å². The van der Waals surface area contributed by atoms with Crippen LogP contribution in [0.3, 0.4) is 0 Å². The van der Waals surface area contributed by atoms with Crippen molar-refractivity contribution in [1.29, 1.82) is 0 Å². The Morgan fingerprint density at radius 1 is 0.246 bits per heavy atom. The fourth-order valence-corrected chi connectivity index (χ4v) is 10.1. The lowest BCUT2D eigenvalue weighted by Crippen LogP contribution is -2.33. The average molecular weight is 930 g/mol. The fraction of sp³-hybridized carbons (Fsp3) is 0.625. The van der Waals surface area contributed by atoms with Gasteiger partial charge in [-0.15, -0.1) is 0 Å². The first-order chi connectivity index (χ1) is 32.2. The molecule has 65 heavy (non-hydrogen) atoms. The SMILES string of the molecule is O=P(c1ccc(N2CCOCCOCCOCCOCC2)cc1)(c1ccc(N2CCOCCOCCOCCOCC2)cc1)c1ccc(N2CCOCCOCCOCCOCC2)cc1. The molecular weight excluding hydrogens is 858 g/mol. The normalized spacial score (nSPS) is 21.1. The molecule has 0 atom stereocenters. The highest BCUT2D eigenvalue weighted by Gasteiger charge is 2.31. The van der Waals surface area contributed by atoms with Crippen molar-refractivity contribution >= 4 is 40.1 Å². The minimum Gasteiger partial charge on any atom is -0.377 e. The Morgan fingerprint density at radius 3 is 0.569 bits per heavy atom. The van der Waals surface area contributed by atoms with Crippen LogP contribution in [-0.4, -0.2) is 198 Å². The lowest BCUT2D eigenvalue weighted by molar-refractivity contribution is 0.00206. The smallest absolute Gasteiger partial charge is 0.171 e. The molecule has 3 aliphatic rings. The zero-order valence-electron chi connectivity index (χ0n) is 38.2. The zero-order valence-corrected chi connectivity index (χ0v) is 39.1. The van der Waals surface area contributed by atoms with E-state index in [-0.39, 0.29) is 0 Å². The second-order valence-electron chi connectivity index (χ2n) is 15.5. The third-order valence-corrected chi connectivity index (χ3v) is 14.2. The molecule has 16 nitrogen and oxygen atoms in total. The molecule has 6 rings (SSSR count). The van der Waals surface area contributed by atoms with Crippen LogP contribution in [0, 0.1) is 0 Å². The van der Waals surface area contributed by atoms with Crippen LogP contribution < -0.4 is 30.6 Å². The standard InChI is InChI=1S/C48H72N3O13P/c52-65(46-7-1-43(2-8-46)49-13-19-53-25-31-59-37-38-60-32-26-54-20-14-49,47-9-3-44(4-10-47)50-15-21-55-27-33-61-39-40-62-34-28-56-22-16-50)48-11-5-45(6-12-48)51-17-23-57-29-35-63-41-42-64-36-30-58-24-18-51/h1-12H,13-42H2. The van der Waals surface area contributed by atoms with Gasteiger partial charge in [0.15, 0.2) is 7.14 Å². The monoisotopic (exact) mass is 929 g/mol. The summed E-state index contributed by atoms with van der Waals surface area (Å²) in [6.45, 7) is 16.6. The molecule has 0 aliphatic carbocycles. The lowest BCUT2D eigenvalue weighted by atomic mass is 10.2. The number of rotatable bonds is 6. The van der Waals surface area contributed by atoms with Gasteiger partial charge in [0.2, 0.25) is 0 Å². The fourth-order valence-electron chi connectivity index (χ4n) is 7.51. The summed E-state index contributed by atoms with van der Waals surface area (Å²) in [6.07, 6.45) is 0. The number of ether oxygens (including phenoxy) is 12. The molecule has 17 heteroatoms. The van der Waals surface area contributed by atoms with Gasteiger partial charge in [-0.2, -0.15) is 0 Å². The molecule has 3 saturated heterocycles. The second kappa shape index (κ2) is 31.0. The topological polar surface area (TPSA) is 138 Å². The maximum absolute atomic E-state index is 16.1. The maximum Gasteiger partial charge on any atom is 0.171 e. The molecule has 3 fully saturated rings. The van der Waals surface area contributed by atoms with Crippen LogP contribution in [0.1, 0.15) is 0 Å². The predicted octanol–water partition coefficient (Wildman–Crippen LogP) is 2.99. The van der Waals surface area contributed by atoms with E-state index in [1.165, 1.54) is 0 Å². The van der Waals surface area contributed by atoms with Crippen LogP contribution in [-0.2, 0) is 61.4 Å². The Bertz CT molecular complexity index is 1480. The average Bonchev–Trinajstić information content (AvgIpc) is 3.37. The molecule has 0 N–H and O–H groups in total. The van der Waals surface area contributed by atoms with E-state index < -0.39 is 7.14 Å². The summed E-state index contributed by atoms with van der Waals surface area (Å²) in [5.74, 6) is 0. The van der Waals surface area contributed by atoms with Crippen LogP contribution in [0.25, 0.3) is 0 Å². The number of anilines is 3. The van der Waals surface area contributed by atoms with Crippen molar-refractivity contribution in [3.63, 3.8) is 0 Å². The van der Waals surface area contributed by atoms with Crippen LogP contribution in [0.15, 0.2) is 72.8 Å². The Balaban J connectivity index is 1.25. The van der Waals surface area contributed by atoms with E-state index >= 15 is 4.57 Å². The molecule has 3 aromatic carbocycles. The van der Waals surface area contributed by atoms with E-state index in [0.717, 1.165) is 33.0 Å². The predicted molar refractivity (Wildman–Crippen MR) is 252 cm³/mol. The molecule has 3 aromatic rings. The Morgan fingerprint density at radius 2 is 0.400 bits per heavy atom. The summed E-state index contributed by atoms with van der Waals surface area (Å²) in [5, 5.41) is 2.22. The van der Waals surface area contributed by atoms with Crippen molar-refractivity contribution in [1.82, 2.24) is 0 Å². The van der Waals surface area contributed by atoms with Crippen LogP contribution in [0.4, 0.5) is 17.1 Å². The third-order valence-electron chi connectivity index (χ3n) is 11.1. The molecule has 362 valence electrons. The minimum atomic E-state index is -3.40. The lowest BCUT2D eigenvalue weighted by Gasteiger charge is -2.28. The van der Waals surface area contributed by atoms with Gasteiger partial charge < -0.3 is 76.1 Å². The molecule has 3 heterocycles. The molecule has 3 aliphatic heterocycles. The number of nitrogens with zero attached hydrogens (tertiary/aromatic N) is 3. The van der Waals surface area contributed by atoms with E-state index in [9.17, 15) is 0 Å². The Kier molecular flexibility index (Phi) is 24.4. The van der Waals surface area contributed by atoms with Gasteiger partial charge in [-0.25, -0.2) is 0 Å². The first-order valence-electron chi connectivity index (χ1n) is 23.3. The number of hydrogen-bond acceptors (Lipinski definition) is 16. The molecular formula is C48H72N3O13P. The maximum atomic E-state index is 16.1. The van der Waals surface area contributed by atoms with Crippen LogP contribution >= 0.6 is 7.14 Å². The summed E-state index contributed by atoms with van der Waals surface area (Å²) < 4.78 is 85.3. The molecule has 0 bridgehead atoms. The largest absolute Gasteiger partial charge is 0.377 e. The van der Waals surface area contributed by atoms with Gasteiger partial charge in [0.25, 0.3) is 0 Å². The summed E-state index contributed by atoms with van der Waals surface area (Å²) in [5.41, 5.74) is 2.99. The van der Waals surface area contributed by atoms with Crippen LogP contribution in [0.2, 0.25) is 0 Å². The van der Waals surface area contributed by atoms with E-state index in [4.69, 9.17) is 56.8 Å². The van der Waals surface area contributed by atoms with Crippen LogP contribution in [0.5, 0.6) is 0 Å². The number of hydrogen-bond donors (Lipinski definition) is 0. The summed E-state index contributed by atoms with van der Waals surface area (Å²) >= 11 is 0. The van der Waals surface area contributed by atoms with Gasteiger partial charge in [0, 0.05) is 72.2 Å². The van der Waals surface area contributed by atoms with Gasteiger partial charge in [0.05, 0.1) is 159 Å². The summed E-state index contributed by atoms with van der Waals surface area (Å²) in [7, 11) is -3.40. The molecule has 0 aromatic heterocycles.